The van der Waals surface area contributed by atoms with Crippen molar-refractivity contribution in [3.8, 4) is 0 Å². The number of alkyl halides is 2. The van der Waals surface area contributed by atoms with Gasteiger partial charge in [-0.25, -0.2) is 4.79 Å². The summed E-state index contributed by atoms with van der Waals surface area (Å²) in [6, 6.07) is 5.07. The number of carboxylic acids is 1. The predicted molar refractivity (Wildman–Crippen MR) is 262 cm³/mol. The molecule has 2 rings (SSSR count). The number of hydrogen-bond acceptors (Lipinski definition) is 9. The molecule has 0 bridgehead atoms. The Kier molecular flexibility index (Phi) is 26.0. The molecule has 6 amide bonds. The first-order valence-electron chi connectivity index (χ1n) is 23.4. The first-order chi connectivity index (χ1) is 31.2. The number of benzene rings is 1. The first kappa shape index (κ1) is 58.5. The molecular weight excluding hydrogens is 980 g/mol. The number of nitrogens with zero attached hydrogens (tertiary/aromatic N) is 3. The van der Waals surface area contributed by atoms with Gasteiger partial charge in [0.15, 0.2) is 0 Å². The summed E-state index contributed by atoms with van der Waals surface area (Å²) in [5.41, 5.74) is 0.767. The van der Waals surface area contributed by atoms with E-state index in [1.54, 1.807) is 43.0 Å². The van der Waals surface area contributed by atoms with Crippen LogP contribution in [0.15, 0.2) is 30.3 Å². The van der Waals surface area contributed by atoms with Crippen LogP contribution in [0.2, 0.25) is 0 Å². The van der Waals surface area contributed by atoms with E-state index >= 15 is 0 Å². The first-order valence-corrected chi connectivity index (χ1v) is 25.4. The number of rotatable bonds is 29. The number of ether oxygens (including phenoxy) is 2. The van der Waals surface area contributed by atoms with Crippen LogP contribution in [0.3, 0.4) is 0 Å². The number of carbonyl (C=O) groups excluding carboxylic acids is 6. The number of aliphatic carboxylic acids is 1. The zero-order valence-electron chi connectivity index (χ0n) is 41.0. The molecule has 10 atom stereocenters. The molecule has 66 heavy (non-hydrogen) atoms. The predicted octanol–water partition coefficient (Wildman–Crippen LogP) is 5.18. The quantitative estimate of drug-likeness (QED) is 0.0612. The number of halogens is 2. The molecule has 18 heteroatoms. The van der Waals surface area contributed by atoms with E-state index in [4.69, 9.17) is 9.47 Å². The third-order valence-electron chi connectivity index (χ3n) is 12.9. The maximum atomic E-state index is 14.6. The highest BCUT2D eigenvalue weighted by molar-refractivity contribution is 9.12. The van der Waals surface area contributed by atoms with Crippen LogP contribution in [0.25, 0.3) is 0 Å². The van der Waals surface area contributed by atoms with Gasteiger partial charge in [-0.3, -0.25) is 28.8 Å². The van der Waals surface area contributed by atoms with Crippen LogP contribution in [0.5, 0.6) is 0 Å². The Labute approximate surface area is 410 Å². The van der Waals surface area contributed by atoms with Gasteiger partial charge in [-0.1, -0.05) is 123 Å². The maximum absolute atomic E-state index is 14.6. The molecule has 4 N–H and O–H groups in total. The van der Waals surface area contributed by atoms with Crippen molar-refractivity contribution in [2.24, 2.45) is 23.7 Å². The molecule has 0 spiro atoms. The molecule has 1 fully saturated rings. The number of carboxylic acid groups (broad SMARTS) is 1. The molecule has 1 aliphatic rings. The molecule has 1 saturated heterocycles. The van der Waals surface area contributed by atoms with Crippen molar-refractivity contribution < 1.29 is 48.1 Å². The van der Waals surface area contributed by atoms with E-state index in [-0.39, 0.29) is 65.5 Å². The Bertz CT molecular complexity index is 1720. The van der Waals surface area contributed by atoms with Crippen molar-refractivity contribution in [3.05, 3.63) is 35.9 Å². The standard InChI is InChI=1S/C48H78Br2N6O10/c1-12-31(6)42(55(9)47(62)40(29(2)3)53-46(61)41(30(4)5)54(8)38(57)23-17-14-18-24-51-45(60)34(50)28-49)37(65-10)27-39(58)56-25-19-22-36(56)43(66-11)32(7)44(59)52-35(48(63)64)26-33-20-15-13-16-21-33/h13,15-16,20-21,29-32,34-37,40-43H,12,14,17-19,22-28H2,1-11H3,(H,51,60)(H,52,59)(H,53,61)(H,63,64)/t31-,32-,34?,35?,36+,37-,40-,41+,42+,43-/m1/s1. The van der Waals surface area contributed by atoms with E-state index in [1.165, 1.54) is 19.1 Å². The second-order valence-corrected chi connectivity index (χ2v) is 20.1. The van der Waals surface area contributed by atoms with E-state index in [1.807, 2.05) is 59.7 Å². The summed E-state index contributed by atoms with van der Waals surface area (Å²) in [6.45, 7) is 14.0. The minimum absolute atomic E-state index is 0.0705. The minimum atomic E-state index is -1.16. The number of likely N-dealkylation sites (tertiary alicyclic amines) is 1. The van der Waals surface area contributed by atoms with Crippen molar-refractivity contribution in [3.63, 3.8) is 0 Å². The molecule has 16 nitrogen and oxygen atoms in total. The van der Waals surface area contributed by atoms with Gasteiger partial charge in [-0.15, -0.1) is 0 Å². The van der Waals surface area contributed by atoms with Crippen LogP contribution in [0, 0.1) is 23.7 Å². The van der Waals surface area contributed by atoms with Crippen LogP contribution < -0.4 is 16.0 Å². The van der Waals surface area contributed by atoms with Crippen molar-refractivity contribution in [2.75, 3.05) is 46.7 Å². The van der Waals surface area contributed by atoms with E-state index in [2.05, 4.69) is 47.8 Å². The van der Waals surface area contributed by atoms with Crippen molar-refractivity contribution in [1.29, 1.82) is 0 Å². The Morgan fingerprint density at radius 3 is 2.06 bits per heavy atom. The summed E-state index contributed by atoms with van der Waals surface area (Å²) < 4.78 is 11.9. The van der Waals surface area contributed by atoms with Crippen LogP contribution in [-0.4, -0.2) is 155 Å². The zero-order valence-corrected chi connectivity index (χ0v) is 44.2. The topological polar surface area (TPSA) is 204 Å². The summed E-state index contributed by atoms with van der Waals surface area (Å²) >= 11 is 6.57. The van der Waals surface area contributed by atoms with Gasteiger partial charge in [0.05, 0.1) is 36.6 Å². The van der Waals surface area contributed by atoms with E-state index in [9.17, 15) is 38.7 Å². The van der Waals surface area contributed by atoms with Crippen molar-refractivity contribution in [1.82, 2.24) is 30.7 Å². The fraction of sp³-hybridized carbons (Fsp3) is 0.729. The van der Waals surface area contributed by atoms with Gasteiger partial charge in [0.25, 0.3) is 0 Å². The lowest BCUT2D eigenvalue weighted by molar-refractivity contribution is -0.149. The fourth-order valence-corrected chi connectivity index (χ4v) is 9.31. The fourth-order valence-electron chi connectivity index (χ4n) is 8.86. The molecule has 1 heterocycles. The number of methoxy groups -OCH3 is 2. The van der Waals surface area contributed by atoms with E-state index < -0.39 is 66.1 Å². The molecule has 0 radical (unpaired) electrons. The SMILES string of the molecule is CC[C@@H](C)[C@@H]([C@@H](CC(=O)N1CCC[C@H]1[C@H](OC)[C@@H](C)C(=O)NC(Cc1ccccc1)C(=O)O)OC)N(C)C(=O)[C@H](NC(=O)[C@H](C(C)C)N(C)C(=O)CCCCCNC(=O)C(Br)CBr)C(C)C. The van der Waals surface area contributed by atoms with Crippen molar-refractivity contribution in [2.45, 2.75) is 153 Å². The van der Waals surface area contributed by atoms with Gasteiger partial charge < -0.3 is 45.2 Å². The van der Waals surface area contributed by atoms with Crippen molar-refractivity contribution >= 4 is 73.3 Å². The number of likely N-dealkylation sites (N-methyl/N-ethyl adjacent to an activating group) is 2. The second kappa shape index (κ2) is 29.3. The monoisotopic (exact) mass is 1060 g/mol. The summed E-state index contributed by atoms with van der Waals surface area (Å²) in [7, 11) is 6.27. The molecule has 1 aliphatic heterocycles. The third kappa shape index (κ3) is 17.2. The molecular formula is C48H78Br2N6O10. The highest BCUT2D eigenvalue weighted by Crippen LogP contribution is 2.30. The number of unbranched alkanes of at least 4 members (excludes halogenated alkanes) is 2. The van der Waals surface area contributed by atoms with Crippen LogP contribution in [0.1, 0.15) is 105 Å². The molecule has 374 valence electrons. The normalized spacial score (nSPS) is 18.0. The molecule has 0 aromatic heterocycles. The average molecular weight is 1060 g/mol. The van der Waals surface area contributed by atoms with Gasteiger partial charge in [0.1, 0.15) is 23.0 Å². The molecule has 0 saturated carbocycles. The molecule has 2 unspecified atom stereocenters. The summed E-state index contributed by atoms with van der Waals surface area (Å²) in [4.78, 5) is 98.5. The largest absolute Gasteiger partial charge is 0.480 e. The molecule has 1 aromatic carbocycles. The van der Waals surface area contributed by atoms with Crippen LogP contribution in [-0.2, 0) is 49.5 Å². The van der Waals surface area contributed by atoms with Gasteiger partial charge in [0.2, 0.25) is 35.4 Å². The van der Waals surface area contributed by atoms with Gasteiger partial charge in [-0.05, 0) is 49.0 Å². The van der Waals surface area contributed by atoms with E-state index in [0.29, 0.717) is 50.5 Å². The molecule has 1 aromatic rings. The lowest BCUT2D eigenvalue weighted by atomic mass is 9.89. The number of amides is 6. The minimum Gasteiger partial charge on any atom is -0.480 e. The third-order valence-corrected chi connectivity index (χ3v) is 15.1. The highest BCUT2D eigenvalue weighted by Gasteiger charge is 2.44. The number of hydrogen-bond donors (Lipinski definition) is 4. The Balaban J connectivity index is 2.20. The van der Waals surface area contributed by atoms with Crippen LogP contribution in [0.4, 0.5) is 0 Å². The lowest BCUT2D eigenvalue weighted by Crippen LogP contribution is -2.60. The summed E-state index contributed by atoms with van der Waals surface area (Å²) in [5, 5.41) is 19.0. The van der Waals surface area contributed by atoms with Gasteiger partial charge in [-0.2, -0.15) is 0 Å². The van der Waals surface area contributed by atoms with E-state index in [0.717, 1.165) is 12.0 Å². The molecule has 0 aliphatic carbocycles. The average Bonchev–Trinajstić information content (AvgIpc) is 3.77. The summed E-state index contributed by atoms with van der Waals surface area (Å²) in [5.74, 6) is -4.47. The Morgan fingerprint density at radius 2 is 1.52 bits per heavy atom. The number of carbonyl (C=O) groups is 7. The smallest absolute Gasteiger partial charge is 0.326 e. The zero-order chi connectivity index (χ0) is 49.8. The second-order valence-electron chi connectivity index (χ2n) is 18.3. The number of nitrogens with one attached hydrogen (secondary N) is 3. The van der Waals surface area contributed by atoms with Crippen LogP contribution >= 0.6 is 31.9 Å². The lowest BCUT2D eigenvalue weighted by Gasteiger charge is -2.41. The van der Waals surface area contributed by atoms with Gasteiger partial charge >= 0.3 is 5.97 Å². The Hall–Kier alpha value is -3.61. The Morgan fingerprint density at radius 1 is 0.864 bits per heavy atom. The van der Waals surface area contributed by atoms with Gasteiger partial charge in [0, 0.05) is 59.6 Å². The highest BCUT2D eigenvalue weighted by atomic mass is 79.9. The summed E-state index contributed by atoms with van der Waals surface area (Å²) in [6.07, 6.45) is 2.73. The maximum Gasteiger partial charge on any atom is 0.326 e.